The number of aliphatic hydroxyl groups is 6. The van der Waals surface area contributed by atoms with Crippen molar-refractivity contribution in [1.82, 2.24) is 0 Å². The molecule has 0 aromatic heterocycles. The zero-order valence-electron chi connectivity index (χ0n) is 35.4. The summed E-state index contributed by atoms with van der Waals surface area (Å²) in [7, 11) is 0. The van der Waals surface area contributed by atoms with Gasteiger partial charge in [0.05, 0.1) is 45.6 Å². The van der Waals surface area contributed by atoms with E-state index in [0.29, 0.717) is 19.3 Å². The van der Waals surface area contributed by atoms with Crippen LogP contribution in [0.1, 0.15) is 213 Å². The number of carbonyl (C=O) groups is 2. The maximum Gasteiger partial charge on any atom is 0.306 e. The van der Waals surface area contributed by atoms with Gasteiger partial charge in [-0.3, -0.25) is 9.59 Å². The molecule has 0 heterocycles. The minimum Gasteiger partial charge on any atom is -0.481 e. The third kappa shape index (κ3) is 36.3. The quantitative estimate of drug-likeness (QED) is 0.0280. The molecule has 0 aromatic carbocycles. The van der Waals surface area contributed by atoms with Crippen molar-refractivity contribution in [2.75, 3.05) is 39.6 Å². The number of unbranched alkanes of at least 4 members (excludes halogenated alkanes) is 23. The molecular formula is C44H90O10. The van der Waals surface area contributed by atoms with Gasteiger partial charge in [-0.1, -0.05) is 175 Å². The lowest BCUT2D eigenvalue weighted by Gasteiger charge is -2.24. The van der Waals surface area contributed by atoms with Crippen LogP contribution in [0.15, 0.2) is 0 Å². The summed E-state index contributed by atoms with van der Waals surface area (Å²) in [6, 6.07) is 0. The van der Waals surface area contributed by atoms with Crippen LogP contribution in [0.2, 0.25) is 0 Å². The topological polar surface area (TPSA) is 196 Å². The van der Waals surface area contributed by atoms with Gasteiger partial charge in [-0.2, -0.15) is 0 Å². The molecule has 0 aliphatic heterocycles. The molecule has 1 atom stereocenters. The highest BCUT2D eigenvalue weighted by molar-refractivity contribution is 5.69. The van der Waals surface area contributed by atoms with Crippen LogP contribution in [0.5, 0.6) is 0 Å². The summed E-state index contributed by atoms with van der Waals surface area (Å²) in [5.41, 5.74) is -1.33. The number of aliphatic carboxylic acids is 2. The minimum absolute atomic E-state index is 0.121. The lowest BCUT2D eigenvalue weighted by atomic mass is 9.88. The van der Waals surface area contributed by atoms with Gasteiger partial charge in [0, 0.05) is 17.3 Å². The maximum atomic E-state index is 11.6. The predicted molar refractivity (Wildman–Crippen MR) is 222 cm³/mol. The molecule has 0 rings (SSSR count). The molecule has 0 amide bonds. The molecule has 0 aliphatic rings. The first kappa shape index (κ1) is 57.0. The second-order valence-corrected chi connectivity index (χ2v) is 15.9. The molecule has 0 saturated carbocycles. The van der Waals surface area contributed by atoms with Crippen LogP contribution in [0.3, 0.4) is 0 Å². The van der Waals surface area contributed by atoms with E-state index in [1.54, 1.807) is 0 Å². The van der Waals surface area contributed by atoms with Gasteiger partial charge in [0.25, 0.3) is 0 Å². The first-order valence-corrected chi connectivity index (χ1v) is 22.2. The maximum absolute atomic E-state index is 11.6. The fourth-order valence-corrected chi connectivity index (χ4v) is 6.21. The molecule has 0 radical (unpaired) electrons. The highest BCUT2D eigenvalue weighted by Crippen LogP contribution is 2.21. The highest BCUT2D eigenvalue weighted by Gasteiger charge is 2.25. The van der Waals surface area contributed by atoms with Gasteiger partial charge in [-0.05, 0) is 32.1 Å². The molecule has 54 heavy (non-hydrogen) atoms. The normalized spacial score (nSPS) is 12.1. The molecule has 326 valence electrons. The molecule has 10 heteroatoms. The number of hydrogen-bond donors (Lipinski definition) is 8. The van der Waals surface area contributed by atoms with Gasteiger partial charge in [-0.25, -0.2) is 0 Å². The molecule has 0 fully saturated rings. The monoisotopic (exact) mass is 779 g/mol. The average Bonchev–Trinajstić information content (AvgIpc) is 3.18. The molecular weight excluding hydrogens is 688 g/mol. The van der Waals surface area contributed by atoms with Gasteiger partial charge in [0.2, 0.25) is 0 Å². The van der Waals surface area contributed by atoms with Crippen molar-refractivity contribution in [3.8, 4) is 0 Å². The van der Waals surface area contributed by atoms with Gasteiger partial charge in [0.15, 0.2) is 0 Å². The van der Waals surface area contributed by atoms with E-state index in [2.05, 4.69) is 6.92 Å². The molecule has 10 nitrogen and oxygen atoms in total. The van der Waals surface area contributed by atoms with E-state index >= 15 is 0 Å². The van der Waals surface area contributed by atoms with Gasteiger partial charge < -0.3 is 40.9 Å². The smallest absolute Gasteiger partial charge is 0.306 e. The van der Waals surface area contributed by atoms with Crippen LogP contribution < -0.4 is 0 Å². The van der Waals surface area contributed by atoms with Crippen molar-refractivity contribution >= 4 is 11.9 Å². The summed E-state index contributed by atoms with van der Waals surface area (Å²) in [5, 5.41) is 70.1. The minimum atomic E-state index is -0.670. The molecule has 1 unspecified atom stereocenters. The van der Waals surface area contributed by atoms with Crippen molar-refractivity contribution in [3.05, 3.63) is 0 Å². The van der Waals surface area contributed by atoms with Crippen molar-refractivity contribution in [1.29, 1.82) is 0 Å². The number of carboxylic acid groups (broad SMARTS) is 2. The standard InChI is InChI=1S/C32H62O4.2C6H14O3/c1-2-3-4-5-6-7-15-18-21-24-27-30(32(35)36)28-25-22-19-16-13-11-9-8-10-12-14-17-20-23-26-29-31(33)34;2*1-2-6(3-7,4-8)5-9/h30H,2-29H2,1H3,(H,33,34)(H,35,36);2*7-9H,2-5H2,1H3. The van der Waals surface area contributed by atoms with Crippen LogP contribution >= 0.6 is 0 Å². The number of carboxylic acids is 2. The Hall–Kier alpha value is -1.30. The van der Waals surface area contributed by atoms with Crippen molar-refractivity contribution in [2.24, 2.45) is 16.7 Å². The summed E-state index contributed by atoms with van der Waals surface area (Å²) >= 11 is 0. The first-order chi connectivity index (χ1) is 26.1. The van der Waals surface area contributed by atoms with Crippen LogP contribution in [0.4, 0.5) is 0 Å². The average molecular weight is 779 g/mol. The van der Waals surface area contributed by atoms with Crippen molar-refractivity contribution in [2.45, 2.75) is 213 Å². The zero-order valence-corrected chi connectivity index (χ0v) is 35.4. The van der Waals surface area contributed by atoms with Crippen LogP contribution in [0, 0.1) is 16.7 Å². The Balaban J connectivity index is -0.00000117. The third-order valence-corrected chi connectivity index (χ3v) is 11.2. The highest BCUT2D eigenvalue weighted by atomic mass is 16.4. The van der Waals surface area contributed by atoms with Crippen molar-refractivity contribution < 1.29 is 50.4 Å². The Morgan fingerprint density at radius 1 is 0.389 bits per heavy atom. The van der Waals surface area contributed by atoms with Gasteiger partial charge >= 0.3 is 11.9 Å². The fraction of sp³-hybridized carbons (Fsp3) is 0.955. The van der Waals surface area contributed by atoms with Crippen LogP contribution in [-0.4, -0.2) is 92.4 Å². The van der Waals surface area contributed by atoms with E-state index in [1.165, 1.54) is 135 Å². The lowest BCUT2D eigenvalue weighted by molar-refractivity contribution is -0.142. The summed E-state index contributed by atoms with van der Waals surface area (Å²) in [4.78, 5) is 22.0. The zero-order chi connectivity index (χ0) is 41.2. The summed E-state index contributed by atoms with van der Waals surface area (Å²) < 4.78 is 0. The Morgan fingerprint density at radius 3 is 0.815 bits per heavy atom. The van der Waals surface area contributed by atoms with E-state index in [-0.39, 0.29) is 45.6 Å². The van der Waals surface area contributed by atoms with Crippen LogP contribution in [-0.2, 0) is 9.59 Å². The second kappa shape index (κ2) is 42.8. The summed E-state index contributed by atoms with van der Waals surface area (Å²) in [6.07, 6.45) is 34.8. The largest absolute Gasteiger partial charge is 0.481 e. The molecule has 0 saturated heterocycles. The van der Waals surface area contributed by atoms with E-state index in [0.717, 1.165) is 38.5 Å². The van der Waals surface area contributed by atoms with Crippen molar-refractivity contribution in [3.63, 3.8) is 0 Å². The number of rotatable bonds is 38. The Bertz CT molecular complexity index is 715. The Kier molecular flexibility index (Phi) is 45.2. The van der Waals surface area contributed by atoms with E-state index in [1.807, 2.05) is 13.8 Å². The number of aliphatic hydroxyl groups excluding tert-OH is 6. The SMILES string of the molecule is CCC(CO)(CO)CO.CCC(CO)(CO)CO.CCCCCCCCCCCCC(CCCCCCCCCCCCCCCCCC(=O)O)C(=O)O. The van der Waals surface area contributed by atoms with Gasteiger partial charge in [0.1, 0.15) is 0 Å². The van der Waals surface area contributed by atoms with E-state index < -0.39 is 22.8 Å². The van der Waals surface area contributed by atoms with Gasteiger partial charge in [-0.15, -0.1) is 0 Å². The Morgan fingerprint density at radius 2 is 0.630 bits per heavy atom. The molecule has 0 aromatic rings. The fourth-order valence-electron chi connectivity index (χ4n) is 6.21. The Labute approximate surface area is 331 Å². The molecule has 0 aliphatic carbocycles. The predicted octanol–water partition coefficient (Wildman–Crippen LogP) is 9.43. The summed E-state index contributed by atoms with van der Waals surface area (Å²) in [6.45, 7) is 4.97. The first-order valence-electron chi connectivity index (χ1n) is 22.2. The van der Waals surface area contributed by atoms with E-state index in [9.17, 15) is 14.7 Å². The third-order valence-electron chi connectivity index (χ3n) is 11.2. The molecule has 0 spiro atoms. The lowest BCUT2D eigenvalue weighted by Crippen LogP contribution is -2.32. The van der Waals surface area contributed by atoms with E-state index in [4.69, 9.17) is 35.7 Å². The molecule has 8 N–H and O–H groups in total. The summed E-state index contributed by atoms with van der Waals surface area (Å²) in [5.74, 6) is -1.37. The second-order valence-electron chi connectivity index (χ2n) is 15.9. The number of hydrogen-bond acceptors (Lipinski definition) is 8. The molecule has 0 bridgehead atoms. The van der Waals surface area contributed by atoms with Crippen LogP contribution in [0.25, 0.3) is 0 Å².